The molecule has 1 atom stereocenters. The summed E-state index contributed by atoms with van der Waals surface area (Å²) in [4.78, 5) is 17.6. The van der Waals surface area contributed by atoms with Gasteiger partial charge in [-0.05, 0) is 48.9 Å². The Morgan fingerprint density at radius 3 is 2.74 bits per heavy atom. The fourth-order valence-corrected chi connectivity index (χ4v) is 4.35. The summed E-state index contributed by atoms with van der Waals surface area (Å²) < 4.78 is 13.2. The molecule has 1 amide bonds. The summed E-state index contributed by atoms with van der Waals surface area (Å²) in [6, 6.07) is 23.8. The zero-order valence-corrected chi connectivity index (χ0v) is 20.6. The van der Waals surface area contributed by atoms with Crippen molar-refractivity contribution >= 4 is 23.1 Å². The maximum absolute atomic E-state index is 12.8. The molecule has 190 valence electrons. The van der Waals surface area contributed by atoms with Crippen LogP contribution in [0.3, 0.4) is 0 Å². The van der Waals surface area contributed by atoms with Gasteiger partial charge in [-0.25, -0.2) is 4.98 Å². The van der Waals surface area contributed by atoms with Gasteiger partial charge in [-0.15, -0.1) is 0 Å². The third-order valence-corrected chi connectivity index (χ3v) is 6.30. The minimum absolute atomic E-state index is 0.144. The first-order valence-electron chi connectivity index (χ1n) is 12.2. The second kappa shape index (κ2) is 9.78. The Hall–Kier alpha value is -5.05. The van der Waals surface area contributed by atoms with Crippen LogP contribution in [0, 0.1) is 6.92 Å². The van der Waals surface area contributed by atoms with E-state index in [2.05, 4.69) is 15.7 Å². The quantitative estimate of drug-likeness (QED) is 0.303. The zero-order chi connectivity index (χ0) is 26.1. The van der Waals surface area contributed by atoms with Crippen molar-refractivity contribution in [3.05, 3.63) is 96.2 Å². The average Bonchev–Trinajstić information content (AvgIpc) is 3.32. The number of ether oxygens (including phenoxy) is 2. The average molecular weight is 508 g/mol. The van der Waals surface area contributed by atoms with Crippen LogP contribution in [0.1, 0.15) is 11.1 Å². The molecular weight excluding hydrogens is 482 g/mol. The van der Waals surface area contributed by atoms with Gasteiger partial charge in [0.2, 0.25) is 6.10 Å². The number of carbonyl (C=O) groups is 1. The van der Waals surface area contributed by atoms with Gasteiger partial charge in [-0.1, -0.05) is 36.4 Å². The highest BCUT2D eigenvalue weighted by Crippen LogP contribution is 2.32. The van der Waals surface area contributed by atoms with E-state index < -0.39 is 6.10 Å². The molecule has 1 aliphatic heterocycles. The van der Waals surface area contributed by atoms with E-state index in [1.807, 2.05) is 67.6 Å². The lowest BCUT2D eigenvalue weighted by Gasteiger charge is -2.25. The molecule has 3 heterocycles. The third kappa shape index (κ3) is 4.57. The second-order valence-electron chi connectivity index (χ2n) is 9.01. The number of carbonyl (C=O) groups excluding carboxylic acids is 1. The number of fused-ring (bicyclic) bond motifs is 2. The molecule has 0 fully saturated rings. The number of amides is 1. The minimum atomic E-state index is -0.743. The van der Waals surface area contributed by atoms with Gasteiger partial charge in [0.1, 0.15) is 18.2 Å². The topological polar surface area (TPSA) is 110 Å². The number of hydrogen-bond acceptors (Lipinski definition) is 7. The molecule has 2 aromatic heterocycles. The van der Waals surface area contributed by atoms with E-state index in [1.165, 1.54) is 0 Å². The monoisotopic (exact) mass is 507 g/mol. The zero-order valence-electron chi connectivity index (χ0n) is 20.6. The third-order valence-electron chi connectivity index (χ3n) is 6.30. The van der Waals surface area contributed by atoms with Gasteiger partial charge in [-0.3, -0.25) is 4.79 Å². The smallest absolute Gasteiger partial charge is 0.269 e. The first-order valence-corrected chi connectivity index (χ1v) is 12.2. The molecule has 1 aliphatic rings. The minimum Gasteiger partial charge on any atom is -0.507 e. The summed E-state index contributed by atoms with van der Waals surface area (Å²) >= 11 is 0. The molecule has 6 rings (SSSR count). The second-order valence-corrected chi connectivity index (χ2v) is 9.01. The summed E-state index contributed by atoms with van der Waals surface area (Å²) in [5.41, 5.74) is 4.50. The number of phenols is 1. The Morgan fingerprint density at radius 1 is 1.05 bits per heavy atom. The lowest BCUT2D eigenvalue weighted by Crippen LogP contribution is -2.40. The molecular formula is C29H25N5O4. The summed E-state index contributed by atoms with van der Waals surface area (Å²) in [5, 5.41) is 21.2. The number of anilines is 2. The van der Waals surface area contributed by atoms with Gasteiger partial charge in [0.05, 0.1) is 11.9 Å². The molecule has 0 radical (unpaired) electrons. The van der Waals surface area contributed by atoms with Gasteiger partial charge in [0, 0.05) is 29.4 Å². The lowest BCUT2D eigenvalue weighted by atomic mass is 10.1. The first-order chi connectivity index (χ1) is 18.5. The number of benzene rings is 3. The first kappa shape index (κ1) is 23.4. The molecule has 3 aromatic carbocycles. The van der Waals surface area contributed by atoms with Crippen molar-refractivity contribution in [3.63, 3.8) is 0 Å². The molecule has 0 saturated carbocycles. The van der Waals surface area contributed by atoms with Crippen molar-refractivity contribution in [2.24, 2.45) is 0 Å². The molecule has 0 aliphatic carbocycles. The van der Waals surface area contributed by atoms with Gasteiger partial charge in [0.25, 0.3) is 5.91 Å². The van der Waals surface area contributed by atoms with Crippen molar-refractivity contribution in [2.45, 2.75) is 19.6 Å². The normalized spacial score (nSPS) is 14.3. The van der Waals surface area contributed by atoms with Crippen LogP contribution in [0.25, 0.3) is 16.9 Å². The van der Waals surface area contributed by atoms with Crippen LogP contribution in [-0.4, -0.2) is 38.3 Å². The molecule has 0 saturated heterocycles. The Bertz CT molecular complexity index is 1650. The van der Waals surface area contributed by atoms with Gasteiger partial charge in [0.15, 0.2) is 17.1 Å². The highest BCUT2D eigenvalue weighted by Gasteiger charge is 2.27. The number of nitrogens with one attached hydrogen (secondary N) is 2. The fraction of sp³-hybridized carbons (Fsp3) is 0.138. The number of phenolic OH excluding ortho intramolecular Hbond substituents is 1. The van der Waals surface area contributed by atoms with Crippen LogP contribution in [0.2, 0.25) is 0 Å². The molecule has 38 heavy (non-hydrogen) atoms. The van der Waals surface area contributed by atoms with Gasteiger partial charge >= 0.3 is 0 Å². The fourth-order valence-electron chi connectivity index (χ4n) is 4.35. The van der Waals surface area contributed by atoms with Crippen molar-refractivity contribution in [1.29, 1.82) is 0 Å². The highest BCUT2D eigenvalue weighted by molar-refractivity contribution is 5.94. The Kier molecular flexibility index (Phi) is 6.01. The molecule has 9 nitrogen and oxygen atoms in total. The van der Waals surface area contributed by atoms with Crippen molar-refractivity contribution in [2.75, 3.05) is 17.2 Å². The number of para-hydroxylation sites is 3. The summed E-state index contributed by atoms with van der Waals surface area (Å²) in [6.45, 7) is 2.56. The predicted molar refractivity (Wildman–Crippen MR) is 144 cm³/mol. The standard InChI is InChI=1S/C29H25N5O4/c1-18-15-31-34-27(14-22(33-28(18)34)21-9-2-3-10-23(21)35)30-16-19-7-6-8-20(13-19)32-29(36)26-17-37-24-11-4-5-12-25(24)38-26/h2-15,26,30,35H,16-17H2,1H3,(H,32,36). The number of aromatic nitrogens is 3. The summed E-state index contributed by atoms with van der Waals surface area (Å²) in [5.74, 6) is 1.79. The lowest BCUT2D eigenvalue weighted by molar-refractivity contribution is -0.125. The molecule has 0 spiro atoms. The maximum Gasteiger partial charge on any atom is 0.269 e. The molecule has 1 unspecified atom stereocenters. The van der Waals surface area contributed by atoms with Crippen LogP contribution in [0.4, 0.5) is 11.5 Å². The van der Waals surface area contributed by atoms with Crippen LogP contribution in [0.5, 0.6) is 17.2 Å². The maximum atomic E-state index is 12.8. The van der Waals surface area contributed by atoms with E-state index in [0.29, 0.717) is 40.6 Å². The Morgan fingerprint density at radius 2 is 1.87 bits per heavy atom. The Balaban J connectivity index is 1.19. The molecule has 9 heteroatoms. The summed E-state index contributed by atoms with van der Waals surface area (Å²) in [6.07, 6.45) is 1.01. The van der Waals surface area contributed by atoms with Crippen molar-refractivity contribution in [1.82, 2.24) is 14.6 Å². The number of aryl methyl sites for hydroxylation is 1. The van der Waals surface area contributed by atoms with Crippen LogP contribution in [-0.2, 0) is 11.3 Å². The molecule has 3 N–H and O–H groups in total. The molecule has 5 aromatic rings. The highest BCUT2D eigenvalue weighted by atomic mass is 16.6. The van der Waals surface area contributed by atoms with Crippen LogP contribution < -0.4 is 20.1 Å². The number of nitrogens with zero attached hydrogens (tertiary/aromatic N) is 3. The molecule has 0 bridgehead atoms. The van der Waals surface area contributed by atoms with E-state index in [4.69, 9.17) is 14.5 Å². The van der Waals surface area contributed by atoms with E-state index >= 15 is 0 Å². The van der Waals surface area contributed by atoms with Crippen LogP contribution >= 0.6 is 0 Å². The number of rotatable bonds is 6. The largest absolute Gasteiger partial charge is 0.507 e. The van der Waals surface area contributed by atoms with E-state index in [9.17, 15) is 9.90 Å². The van der Waals surface area contributed by atoms with E-state index in [1.54, 1.807) is 28.9 Å². The number of aromatic hydroxyl groups is 1. The van der Waals surface area contributed by atoms with Crippen molar-refractivity contribution in [3.8, 4) is 28.5 Å². The predicted octanol–water partition coefficient (Wildman–Crippen LogP) is 4.80. The van der Waals surface area contributed by atoms with Gasteiger partial charge in [-0.2, -0.15) is 9.61 Å². The van der Waals surface area contributed by atoms with E-state index in [0.717, 1.165) is 16.9 Å². The number of hydrogen-bond donors (Lipinski definition) is 3. The van der Waals surface area contributed by atoms with E-state index in [-0.39, 0.29) is 18.3 Å². The van der Waals surface area contributed by atoms with Crippen LogP contribution in [0.15, 0.2) is 85.1 Å². The van der Waals surface area contributed by atoms with Gasteiger partial charge < -0.3 is 25.2 Å². The Labute approximate surface area is 218 Å². The van der Waals surface area contributed by atoms with Crippen molar-refractivity contribution < 1.29 is 19.4 Å². The SMILES string of the molecule is Cc1cnn2c(NCc3cccc(NC(=O)C4COc5ccccc5O4)c3)cc(-c3ccccc3O)nc12. The summed E-state index contributed by atoms with van der Waals surface area (Å²) in [7, 11) is 0.